The van der Waals surface area contributed by atoms with Crippen molar-refractivity contribution in [2.24, 2.45) is 0 Å². The maximum atomic E-state index is 11.9. The fourth-order valence-corrected chi connectivity index (χ4v) is 3.36. The van der Waals surface area contributed by atoms with Crippen molar-refractivity contribution in [2.75, 3.05) is 23.9 Å². The Kier molecular flexibility index (Phi) is 5.48. The lowest BCUT2D eigenvalue weighted by atomic mass is 10.3. The van der Waals surface area contributed by atoms with E-state index in [4.69, 9.17) is 10.5 Å². The van der Waals surface area contributed by atoms with Gasteiger partial charge in [-0.05, 0) is 44.0 Å². The van der Waals surface area contributed by atoms with Crippen LogP contribution in [0, 0.1) is 0 Å². The maximum absolute atomic E-state index is 11.9. The van der Waals surface area contributed by atoms with E-state index >= 15 is 0 Å². The van der Waals surface area contributed by atoms with Crippen LogP contribution in [0.1, 0.15) is 0 Å². The van der Waals surface area contributed by atoms with E-state index in [0.717, 1.165) is 0 Å². The molecule has 0 fully saturated rings. The molecular formula is C11H11Br2N5O2S. The quantitative estimate of drug-likeness (QED) is 0.622. The number of methoxy groups -OCH3 is 1. The first kappa shape index (κ1) is 16.1. The SMILES string of the molecule is COc1cc(Br)c(NC(=O)CSc2n[nH]c(N)n2)c(Br)c1. The van der Waals surface area contributed by atoms with Gasteiger partial charge in [0, 0.05) is 8.95 Å². The largest absolute Gasteiger partial charge is 0.497 e. The maximum Gasteiger partial charge on any atom is 0.234 e. The second-order valence-corrected chi connectivity index (χ2v) is 6.46. The van der Waals surface area contributed by atoms with Gasteiger partial charge in [-0.25, -0.2) is 5.10 Å². The molecule has 0 saturated carbocycles. The van der Waals surface area contributed by atoms with Crippen LogP contribution in [-0.4, -0.2) is 34.0 Å². The van der Waals surface area contributed by atoms with Crippen LogP contribution >= 0.6 is 43.6 Å². The second kappa shape index (κ2) is 7.14. The van der Waals surface area contributed by atoms with Crippen LogP contribution < -0.4 is 15.8 Å². The Balaban J connectivity index is 1.99. The highest BCUT2D eigenvalue weighted by Crippen LogP contribution is 2.35. The molecule has 21 heavy (non-hydrogen) atoms. The molecule has 0 bridgehead atoms. The molecule has 0 aliphatic carbocycles. The van der Waals surface area contributed by atoms with E-state index in [0.29, 0.717) is 25.5 Å². The molecule has 0 unspecified atom stereocenters. The molecular weight excluding hydrogens is 426 g/mol. The normalized spacial score (nSPS) is 10.4. The van der Waals surface area contributed by atoms with Crippen molar-refractivity contribution in [1.82, 2.24) is 15.2 Å². The number of nitrogens with two attached hydrogens (primary N) is 1. The van der Waals surface area contributed by atoms with Gasteiger partial charge in [0.25, 0.3) is 0 Å². The van der Waals surface area contributed by atoms with Crippen molar-refractivity contribution in [3.63, 3.8) is 0 Å². The van der Waals surface area contributed by atoms with E-state index in [9.17, 15) is 4.79 Å². The summed E-state index contributed by atoms with van der Waals surface area (Å²) in [5, 5.41) is 9.57. The highest BCUT2D eigenvalue weighted by atomic mass is 79.9. The summed E-state index contributed by atoms with van der Waals surface area (Å²) < 4.78 is 6.57. The predicted molar refractivity (Wildman–Crippen MR) is 88.5 cm³/mol. The number of hydrogen-bond donors (Lipinski definition) is 3. The van der Waals surface area contributed by atoms with Gasteiger partial charge >= 0.3 is 0 Å². The number of carbonyl (C=O) groups is 1. The van der Waals surface area contributed by atoms with Crippen molar-refractivity contribution in [3.05, 3.63) is 21.1 Å². The number of anilines is 2. The zero-order valence-corrected chi connectivity index (χ0v) is 14.8. The molecule has 2 rings (SSSR count). The van der Waals surface area contributed by atoms with Gasteiger partial charge in [-0.15, -0.1) is 5.10 Å². The summed E-state index contributed by atoms with van der Waals surface area (Å²) in [7, 11) is 1.58. The summed E-state index contributed by atoms with van der Waals surface area (Å²) in [6, 6.07) is 3.53. The summed E-state index contributed by atoms with van der Waals surface area (Å²) in [5.41, 5.74) is 6.04. The van der Waals surface area contributed by atoms with Crippen LogP contribution in [0.4, 0.5) is 11.6 Å². The Morgan fingerprint density at radius 1 is 1.48 bits per heavy atom. The zero-order chi connectivity index (χ0) is 15.4. The van der Waals surface area contributed by atoms with E-state index in [-0.39, 0.29) is 17.6 Å². The Morgan fingerprint density at radius 3 is 2.67 bits per heavy atom. The monoisotopic (exact) mass is 435 g/mol. The first-order valence-electron chi connectivity index (χ1n) is 5.63. The van der Waals surface area contributed by atoms with Gasteiger partial charge in [-0.1, -0.05) is 11.8 Å². The Morgan fingerprint density at radius 2 is 2.14 bits per heavy atom. The van der Waals surface area contributed by atoms with Gasteiger partial charge in [0.05, 0.1) is 18.6 Å². The summed E-state index contributed by atoms with van der Waals surface area (Å²) >= 11 is 7.96. The number of nitrogen functional groups attached to an aromatic ring is 1. The molecule has 1 aromatic heterocycles. The van der Waals surface area contributed by atoms with Crippen molar-refractivity contribution < 1.29 is 9.53 Å². The molecule has 2 aromatic rings. The third-order valence-electron chi connectivity index (χ3n) is 2.33. The lowest BCUT2D eigenvalue weighted by Crippen LogP contribution is -2.15. The highest BCUT2D eigenvalue weighted by molar-refractivity contribution is 9.11. The number of nitrogens with zero attached hydrogens (tertiary/aromatic N) is 2. The number of ether oxygens (including phenoxy) is 1. The number of aromatic amines is 1. The number of amides is 1. The molecule has 1 aromatic carbocycles. The molecule has 112 valence electrons. The van der Waals surface area contributed by atoms with Crippen LogP contribution in [-0.2, 0) is 4.79 Å². The fourth-order valence-electron chi connectivity index (χ4n) is 1.42. The molecule has 0 radical (unpaired) electrons. The first-order valence-corrected chi connectivity index (χ1v) is 8.20. The van der Waals surface area contributed by atoms with E-state index in [2.05, 4.69) is 52.4 Å². The summed E-state index contributed by atoms with van der Waals surface area (Å²) in [4.78, 5) is 15.9. The van der Waals surface area contributed by atoms with Crippen molar-refractivity contribution in [1.29, 1.82) is 0 Å². The number of thioether (sulfide) groups is 1. The molecule has 1 heterocycles. The van der Waals surface area contributed by atoms with Gasteiger partial charge in [0.15, 0.2) is 0 Å². The van der Waals surface area contributed by atoms with Gasteiger partial charge in [0.2, 0.25) is 17.0 Å². The third-order valence-corrected chi connectivity index (χ3v) is 4.43. The summed E-state index contributed by atoms with van der Waals surface area (Å²) in [5.74, 6) is 0.883. The van der Waals surface area contributed by atoms with Crippen LogP contribution in [0.2, 0.25) is 0 Å². The van der Waals surface area contributed by atoms with Crippen molar-refractivity contribution in [3.8, 4) is 5.75 Å². The van der Waals surface area contributed by atoms with Crippen LogP contribution in [0.15, 0.2) is 26.2 Å². The minimum atomic E-state index is -0.185. The van der Waals surface area contributed by atoms with Gasteiger partial charge in [0.1, 0.15) is 5.75 Å². The fraction of sp³-hybridized carbons (Fsp3) is 0.182. The molecule has 10 heteroatoms. The molecule has 0 atom stereocenters. The van der Waals surface area contributed by atoms with Crippen molar-refractivity contribution >= 4 is 61.2 Å². The van der Waals surface area contributed by atoms with E-state index in [1.165, 1.54) is 11.8 Å². The van der Waals surface area contributed by atoms with E-state index in [1.807, 2.05) is 0 Å². The standard InChI is InChI=1S/C11H11Br2N5O2S/c1-20-5-2-6(12)9(7(13)3-5)15-8(19)4-21-11-16-10(14)17-18-11/h2-3H,4H2,1H3,(H,15,19)(H3,14,16,17,18). The van der Waals surface area contributed by atoms with Gasteiger partial charge < -0.3 is 15.8 Å². The number of H-pyrrole nitrogens is 1. The van der Waals surface area contributed by atoms with E-state index in [1.54, 1.807) is 19.2 Å². The lowest BCUT2D eigenvalue weighted by Gasteiger charge is -2.11. The van der Waals surface area contributed by atoms with Crippen LogP contribution in [0.25, 0.3) is 0 Å². The molecule has 1 amide bonds. The average Bonchev–Trinajstić information content (AvgIpc) is 2.86. The second-order valence-electron chi connectivity index (χ2n) is 3.81. The lowest BCUT2D eigenvalue weighted by molar-refractivity contribution is -0.113. The number of carbonyl (C=O) groups excluding carboxylic acids is 1. The molecule has 4 N–H and O–H groups in total. The number of halogens is 2. The smallest absolute Gasteiger partial charge is 0.234 e. The topological polar surface area (TPSA) is 106 Å². The molecule has 0 aliphatic rings. The molecule has 0 aliphatic heterocycles. The highest BCUT2D eigenvalue weighted by Gasteiger charge is 2.12. The Hall–Kier alpha value is -1.26. The molecule has 7 nitrogen and oxygen atoms in total. The Labute approximate surface area is 141 Å². The van der Waals surface area contributed by atoms with Crippen molar-refractivity contribution in [2.45, 2.75) is 5.16 Å². The zero-order valence-electron chi connectivity index (χ0n) is 10.8. The van der Waals surface area contributed by atoms with Crippen LogP contribution in [0.5, 0.6) is 5.75 Å². The Bertz CT molecular complexity index is 641. The minimum Gasteiger partial charge on any atom is -0.497 e. The third kappa shape index (κ3) is 4.35. The number of benzene rings is 1. The summed E-state index contributed by atoms with van der Waals surface area (Å²) in [6.07, 6.45) is 0. The van der Waals surface area contributed by atoms with Crippen LogP contribution in [0.3, 0.4) is 0 Å². The van der Waals surface area contributed by atoms with Gasteiger partial charge in [-0.2, -0.15) is 4.98 Å². The molecule has 0 saturated heterocycles. The number of nitrogens with one attached hydrogen (secondary N) is 2. The van der Waals surface area contributed by atoms with E-state index < -0.39 is 0 Å². The predicted octanol–water partition coefficient (Wildman–Crippen LogP) is 2.65. The first-order chi connectivity index (χ1) is 9.99. The average molecular weight is 437 g/mol. The number of hydrogen-bond acceptors (Lipinski definition) is 6. The molecule has 0 spiro atoms. The number of aromatic nitrogens is 3. The van der Waals surface area contributed by atoms with Gasteiger partial charge in [-0.3, -0.25) is 4.79 Å². The number of rotatable bonds is 5. The minimum absolute atomic E-state index is 0.169. The summed E-state index contributed by atoms with van der Waals surface area (Å²) in [6.45, 7) is 0.